The van der Waals surface area contributed by atoms with E-state index in [1.54, 1.807) is 7.11 Å². The van der Waals surface area contributed by atoms with E-state index in [2.05, 4.69) is 10.3 Å². The zero-order valence-electron chi connectivity index (χ0n) is 14.9. The van der Waals surface area contributed by atoms with Gasteiger partial charge in [-0.3, -0.25) is 4.99 Å². The first-order valence-electron chi connectivity index (χ1n) is 8.83. The van der Waals surface area contributed by atoms with Gasteiger partial charge in [0.05, 0.1) is 31.6 Å². The fraction of sp³-hybridized carbons (Fsp3) is 0.350. The van der Waals surface area contributed by atoms with E-state index in [9.17, 15) is 5.11 Å². The summed E-state index contributed by atoms with van der Waals surface area (Å²) in [7, 11) is 1.64. The van der Waals surface area contributed by atoms with Crippen LogP contribution >= 0.6 is 11.8 Å². The van der Waals surface area contributed by atoms with Crippen LogP contribution in [0.1, 0.15) is 5.56 Å². The van der Waals surface area contributed by atoms with Crippen molar-refractivity contribution in [1.82, 2.24) is 0 Å². The molecule has 2 aliphatic rings. The van der Waals surface area contributed by atoms with Crippen LogP contribution in [0.3, 0.4) is 0 Å². The monoisotopic (exact) mass is 386 g/mol. The Morgan fingerprint density at radius 2 is 1.96 bits per heavy atom. The van der Waals surface area contributed by atoms with Gasteiger partial charge in [0.1, 0.15) is 11.9 Å². The number of aliphatic hydroxyl groups is 1. The number of hydrogen-bond donors (Lipinski definition) is 2. The lowest BCUT2D eigenvalue weighted by molar-refractivity contribution is -0.220. The molecule has 27 heavy (non-hydrogen) atoms. The topological polar surface area (TPSA) is 72.3 Å². The van der Waals surface area contributed by atoms with E-state index < -0.39 is 12.4 Å². The molecule has 0 amide bonds. The van der Waals surface area contributed by atoms with E-state index in [4.69, 9.17) is 14.2 Å². The summed E-state index contributed by atoms with van der Waals surface area (Å²) < 4.78 is 16.7. The molecular weight excluding hydrogens is 364 g/mol. The molecule has 1 fully saturated rings. The van der Waals surface area contributed by atoms with Gasteiger partial charge in [0, 0.05) is 5.69 Å². The molecule has 0 radical (unpaired) electrons. The van der Waals surface area contributed by atoms with Gasteiger partial charge < -0.3 is 24.6 Å². The number of aliphatic hydroxyl groups excluding tert-OH is 1. The maximum absolute atomic E-state index is 10.7. The summed E-state index contributed by atoms with van der Waals surface area (Å²) in [5, 5.41) is 14.7. The molecule has 0 aromatic heterocycles. The largest absolute Gasteiger partial charge is 0.497 e. The third kappa shape index (κ3) is 4.27. The van der Waals surface area contributed by atoms with Crippen LogP contribution < -0.4 is 10.1 Å². The van der Waals surface area contributed by atoms with E-state index in [1.165, 1.54) is 11.8 Å². The molecule has 7 heteroatoms. The zero-order valence-corrected chi connectivity index (χ0v) is 15.8. The quantitative estimate of drug-likeness (QED) is 0.823. The van der Waals surface area contributed by atoms with Gasteiger partial charge in [0.15, 0.2) is 11.5 Å². The van der Waals surface area contributed by atoms with E-state index in [0.717, 1.165) is 22.2 Å². The predicted octanol–water partition coefficient (Wildman–Crippen LogP) is 2.88. The summed E-state index contributed by atoms with van der Waals surface area (Å²) in [5.41, 5.74) is 1.97. The lowest BCUT2D eigenvalue weighted by Crippen LogP contribution is -2.50. The normalized spacial score (nSPS) is 27.0. The number of anilines is 1. The van der Waals surface area contributed by atoms with E-state index in [1.807, 2.05) is 54.6 Å². The van der Waals surface area contributed by atoms with Crippen LogP contribution in [0.15, 0.2) is 59.6 Å². The molecule has 2 aliphatic heterocycles. The number of thioether (sulfide) groups is 1. The summed E-state index contributed by atoms with van der Waals surface area (Å²) >= 11 is 1.53. The van der Waals surface area contributed by atoms with E-state index in [0.29, 0.717) is 13.2 Å². The minimum absolute atomic E-state index is 0.0812. The number of ether oxygens (including phenoxy) is 3. The fourth-order valence-corrected chi connectivity index (χ4v) is 4.29. The summed E-state index contributed by atoms with van der Waals surface area (Å²) in [5.74, 6) is 0.803. The maximum atomic E-state index is 10.7. The number of nitrogens with zero attached hydrogens (tertiary/aromatic N) is 1. The zero-order chi connectivity index (χ0) is 18.6. The highest BCUT2D eigenvalue weighted by molar-refractivity contribution is 8.15. The lowest BCUT2D eigenvalue weighted by Gasteiger charge is -2.34. The number of fused-ring (bicyclic) bond motifs is 1. The van der Waals surface area contributed by atoms with Crippen LogP contribution in [0.25, 0.3) is 0 Å². The molecule has 2 aromatic rings. The average molecular weight is 386 g/mol. The van der Waals surface area contributed by atoms with Gasteiger partial charge in [0.25, 0.3) is 0 Å². The lowest BCUT2D eigenvalue weighted by atomic mass is 10.1. The predicted molar refractivity (Wildman–Crippen MR) is 106 cm³/mol. The summed E-state index contributed by atoms with van der Waals surface area (Å²) in [6, 6.07) is 17.4. The summed E-state index contributed by atoms with van der Waals surface area (Å²) in [6.07, 6.45) is -1.38. The number of rotatable bonds is 5. The Balaban J connectivity index is 1.34. The number of amidine groups is 1. The number of hydrogen-bond acceptors (Lipinski definition) is 7. The van der Waals surface area contributed by atoms with E-state index in [-0.39, 0.29) is 11.3 Å². The van der Waals surface area contributed by atoms with Crippen molar-refractivity contribution >= 4 is 22.6 Å². The third-order valence-corrected chi connectivity index (χ3v) is 5.85. The number of nitrogens with one attached hydrogen (secondary N) is 1. The van der Waals surface area contributed by atoms with Crippen LogP contribution in [-0.4, -0.2) is 47.7 Å². The van der Waals surface area contributed by atoms with Gasteiger partial charge in [-0.2, -0.15) is 0 Å². The van der Waals surface area contributed by atoms with Gasteiger partial charge in [-0.25, -0.2) is 0 Å². The molecule has 2 N–H and O–H groups in total. The molecular formula is C20H22N2O4S. The highest BCUT2D eigenvalue weighted by Gasteiger charge is 2.44. The number of benzene rings is 2. The van der Waals surface area contributed by atoms with Crippen LogP contribution in [0.2, 0.25) is 0 Å². The second-order valence-electron chi connectivity index (χ2n) is 6.43. The molecule has 2 heterocycles. The molecule has 142 valence electrons. The van der Waals surface area contributed by atoms with Crippen molar-refractivity contribution in [3.8, 4) is 5.75 Å². The SMILES string of the molecule is COc1ccc(NC2=N[C@H]3CO[C@H](OCc4ccccc4)[C@H](O)[C@H]3S2)cc1. The van der Waals surface area contributed by atoms with Crippen molar-refractivity contribution in [1.29, 1.82) is 0 Å². The molecule has 4 atom stereocenters. The second-order valence-corrected chi connectivity index (χ2v) is 7.59. The highest BCUT2D eigenvalue weighted by Crippen LogP contribution is 2.36. The van der Waals surface area contributed by atoms with Crippen molar-refractivity contribution in [2.75, 3.05) is 19.0 Å². The standard InChI is InChI=1S/C20H22N2O4S/c1-24-15-9-7-14(8-10-15)21-20-22-16-12-26-19(17(23)18(16)27-20)25-11-13-5-3-2-4-6-13/h2-10,16-19,23H,11-12H2,1H3,(H,21,22)/t16-,17+,18-,19-/m0/s1. The maximum Gasteiger partial charge on any atom is 0.185 e. The fourth-order valence-electron chi connectivity index (χ4n) is 3.10. The third-order valence-electron chi connectivity index (χ3n) is 4.56. The molecule has 2 aromatic carbocycles. The van der Waals surface area contributed by atoms with Gasteiger partial charge in [-0.1, -0.05) is 42.1 Å². The van der Waals surface area contributed by atoms with Crippen molar-refractivity contribution in [2.45, 2.75) is 30.3 Å². The van der Waals surface area contributed by atoms with Crippen LogP contribution in [0, 0.1) is 0 Å². The van der Waals surface area contributed by atoms with Gasteiger partial charge in [-0.15, -0.1) is 0 Å². The van der Waals surface area contributed by atoms with E-state index >= 15 is 0 Å². The molecule has 0 aliphatic carbocycles. The van der Waals surface area contributed by atoms with Crippen LogP contribution in [0.5, 0.6) is 5.75 Å². The molecule has 0 saturated carbocycles. The van der Waals surface area contributed by atoms with Crippen molar-refractivity contribution < 1.29 is 19.3 Å². The minimum Gasteiger partial charge on any atom is -0.497 e. The number of methoxy groups -OCH3 is 1. The molecule has 1 saturated heterocycles. The Hall–Kier alpha value is -2.06. The van der Waals surface area contributed by atoms with Crippen molar-refractivity contribution in [3.05, 3.63) is 60.2 Å². The van der Waals surface area contributed by atoms with Crippen LogP contribution in [-0.2, 0) is 16.1 Å². The first-order valence-corrected chi connectivity index (χ1v) is 9.71. The first-order chi connectivity index (χ1) is 13.2. The van der Waals surface area contributed by atoms with Crippen molar-refractivity contribution in [3.63, 3.8) is 0 Å². The molecule has 0 unspecified atom stereocenters. The highest BCUT2D eigenvalue weighted by atomic mass is 32.2. The minimum atomic E-state index is -0.739. The smallest absolute Gasteiger partial charge is 0.185 e. The summed E-state index contributed by atoms with van der Waals surface area (Å²) in [4.78, 5) is 4.65. The van der Waals surface area contributed by atoms with Crippen molar-refractivity contribution in [2.24, 2.45) is 4.99 Å². The molecule has 0 spiro atoms. The molecule has 4 rings (SSSR count). The molecule has 6 nitrogen and oxygen atoms in total. The Morgan fingerprint density at radius 1 is 1.19 bits per heavy atom. The number of aliphatic imine (C=N–C) groups is 1. The Labute approximate surface area is 162 Å². The van der Waals surface area contributed by atoms with Gasteiger partial charge in [0.2, 0.25) is 0 Å². The second kappa shape index (κ2) is 8.31. The Morgan fingerprint density at radius 3 is 2.70 bits per heavy atom. The Kier molecular flexibility index (Phi) is 5.63. The molecule has 0 bridgehead atoms. The first kappa shape index (κ1) is 18.3. The van der Waals surface area contributed by atoms with Gasteiger partial charge >= 0.3 is 0 Å². The van der Waals surface area contributed by atoms with Gasteiger partial charge in [-0.05, 0) is 29.8 Å². The summed E-state index contributed by atoms with van der Waals surface area (Å²) in [6.45, 7) is 0.838. The van der Waals surface area contributed by atoms with Crippen LogP contribution in [0.4, 0.5) is 5.69 Å². The average Bonchev–Trinajstić information content (AvgIpc) is 3.12. The Bertz CT molecular complexity index is 784.